The molecule has 2 aliphatic rings. The molecule has 0 bridgehead atoms. The van der Waals surface area contributed by atoms with Crippen molar-refractivity contribution < 1.29 is 24.5 Å². The number of carbonyl (C=O) groups excluding carboxylic acids is 1. The summed E-state index contributed by atoms with van der Waals surface area (Å²) in [7, 11) is 0. The maximum atomic E-state index is 12.7. The Morgan fingerprint density at radius 3 is 2.71 bits per heavy atom. The lowest BCUT2D eigenvalue weighted by atomic mass is 9.89. The number of morpholine rings is 1. The van der Waals surface area contributed by atoms with Crippen molar-refractivity contribution in [3.8, 4) is 5.75 Å². The van der Waals surface area contributed by atoms with Gasteiger partial charge in [-0.3, -0.25) is 19.6 Å². The number of likely N-dealkylation sites (tertiary alicyclic amines) is 1. The highest BCUT2D eigenvalue weighted by Crippen LogP contribution is 2.31. The first-order valence-electron chi connectivity index (χ1n) is 10.5. The van der Waals surface area contributed by atoms with Gasteiger partial charge in [0.05, 0.1) is 18.4 Å². The number of carboxylic acid groups (broad SMARTS) is 1. The second kappa shape index (κ2) is 10.9. The average molecular weight is 431 g/mol. The minimum atomic E-state index is -0.250. The van der Waals surface area contributed by atoms with Gasteiger partial charge in [0, 0.05) is 45.3 Å². The van der Waals surface area contributed by atoms with E-state index in [1.807, 2.05) is 29.3 Å². The Hall–Kier alpha value is -2.91. The van der Waals surface area contributed by atoms with Crippen LogP contribution in [0.2, 0.25) is 0 Å². The van der Waals surface area contributed by atoms with Gasteiger partial charge in [0.25, 0.3) is 6.47 Å². The minimum absolute atomic E-state index is 0.200. The molecule has 1 aromatic heterocycles. The van der Waals surface area contributed by atoms with E-state index >= 15 is 0 Å². The molecule has 0 atom stereocenters. The number of H-pyrrole nitrogens is 1. The van der Waals surface area contributed by atoms with E-state index in [-0.39, 0.29) is 18.0 Å². The van der Waals surface area contributed by atoms with E-state index in [1.165, 1.54) is 0 Å². The summed E-state index contributed by atoms with van der Waals surface area (Å²) < 4.78 is 6.18. The van der Waals surface area contributed by atoms with E-state index in [2.05, 4.69) is 15.1 Å². The van der Waals surface area contributed by atoms with E-state index in [4.69, 9.17) is 14.6 Å². The summed E-state index contributed by atoms with van der Waals surface area (Å²) in [6.45, 7) is 4.44. The molecule has 4 rings (SSSR count). The van der Waals surface area contributed by atoms with Crippen LogP contribution >= 0.6 is 0 Å². The highest BCUT2D eigenvalue weighted by Gasteiger charge is 2.40. The minimum Gasteiger partial charge on any atom is -0.508 e. The van der Waals surface area contributed by atoms with E-state index < -0.39 is 0 Å². The summed E-state index contributed by atoms with van der Waals surface area (Å²) in [4.78, 5) is 25.4. The van der Waals surface area contributed by atoms with Gasteiger partial charge in [-0.05, 0) is 42.5 Å². The molecule has 3 heterocycles. The number of nitrogens with zero attached hydrogens (tertiary/aromatic N) is 3. The van der Waals surface area contributed by atoms with Gasteiger partial charge < -0.3 is 19.8 Å². The number of phenolic OH excluding ortho intramolecular Hbond substituents is 1. The number of aromatic hydroxyl groups is 1. The first kappa shape index (κ1) is 22.8. The summed E-state index contributed by atoms with van der Waals surface area (Å²) in [6.07, 6.45) is 6.71. The quantitative estimate of drug-likeness (QED) is 0.617. The number of ether oxygens (including phenoxy) is 1. The number of amides is 1. The van der Waals surface area contributed by atoms with Crippen molar-refractivity contribution in [1.82, 2.24) is 20.0 Å². The number of hydrogen-bond acceptors (Lipinski definition) is 6. The Morgan fingerprint density at radius 2 is 2.03 bits per heavy atom. The number of aromatic nitrogens is 2. The van der Waals surface area contributed by atoms with E-state index in [9.17, 15) is 9.90 Å². The molecule has 2 fully saturated rings. The van der Waals surface area contributed by atoms with Crippen molar-refractivity contribution in [1.29, 1.82) is 0 Å². The first-order valence-corrected chi connectivity index (χ1v) is 10.5. The van der Waals surface area contributed by atoms with Crippen LogP contribution < -0.4 is 0 Å². The standard InChI is InChI=1S/C21H28N4O3.CH2O2/c26-19-3-1-2-17(12-19)15-24-8-6-21(7-9-24)16-25(10-11-28-21)20(27)5-4-18-13-22-23-14-18;2-1-3/h1-3,12-14,26H,4-11,15-16H2,(H,22,23);1H,(H,2,3). The van der Waals surface area contributed by atoms with Crippen LogP contribution in [0, 0.1) is 0 Å². The van der Waals surface area contributed by atoms with Gasteiger partial charge >= 0.3 is 0 Å². The van der Waals surface area contributed by atoms with Crippen molar-refractivity contribution in [2.75, 3.05) is 32.8 Å². The number of nitrogens with one attached hydrogen (secondary N) is 1. The highest BCUT2D eigenvalue weighted by atomic mass is 16.5. The van der Waals surface area contributed by atoms with E-state index in [1.54, 1.807) is 12.3 Å². The monoisotopic (exact) mass is 430 g/mol. The van der Waals surface area contributed by atoms with E-state index in [0.29, 0.717) is 31.9 Å². The zero-order valence-corrected chi connectivity index (χ0v) is 17.6. The van der Waals surface area contributed by atoms with Crippen molar-refractivity contribution in [3.63, 3.8) is 0 Å². The molecule has 0 saturated carbocycles. The third kappa shape index (κ3) is 6.53. The van der Waals surface area contributed by atoms with Crippen LogP contribution in [0.15, 0.2) is 36.7 Å². The second-order valence-electron chi connectivity index (χ2n) is 8.00. The molecule has 31 heavy (non-hydrogen) atoms. The molecule has 2 aliphatic heterocycles. The molecule has 1 spiro atoms. The molecular weight excluding hydrogens is 400 g/mol. The van der Waals surface area contributed by atoms with Crippen LogP contribution in [0.1, 0.15) is 30.4 Å². The van der Waals surface area contributed by atoms with Crippen molar-refractivity contribution in [2.45, 2.75) is 37.8 Å². The van der Waals surface area contributed by atoms with Crippen LogP contribution in [0.25, 0.3) is 0 Å². The number of rotatable bonds is 5. The molecule has 9 nitrogen and oxygen atoms in total. The number of benzene rings is 1. The van der Waals surface area contributed by atoms with Crippen molar-refractivity contribution in [2.24, 2.45) is 0 Å². The van der Waals surface area contributed by atoms with E-state index in [0.717, 1.165) is 50.0 Å². The number of aryl methyl sites for hydroxylation is 1. The molecule has 2 saturated heterocycles. The number of aromatic amines is 1. The van der Waals surface area contributed by atoms with Gasteiger partial charge in [-0.25, -0.2) is 0 Å². The van der Waals surface area contributed by atoms with Gasteiger partial charge in [0.1, 0.15) is 5.75 Å². The first-order chi connectivity index (χ1) is 15.0. The largest absolute Gasteiger partial charge is 0.508 e. The SMILES string of the molecule is O=C(CCc1cn[nH]c1)N1CCOC2(CCN(Cc3cccc(O)c3)CC2)C1.O=CO. The summed E-state index contributed by atoms with van der Waals surface area (Å²) >= 11 is 0. The molecule has 168 valence electrons. The fourth-order valence-corrected chi connectivity index (χ4v) is 4.22. The Balaban J connectivity index is 0.000000858. The predicted molar refractivity (Wildman–Crippen MR) is 113 cm³/mol. The third-order valence-corrected chi connectivity index (χ3v) is 5.87. The molecule has 0 aliphatic carbocycles. The molecule has 0 radical (unpaired) electrons. The summed E-state index contributed by atoms with van der Waals surface area (Å²) in [5.74, 6) is 0.511. The molecule has 9 heteroatoms. The van der Waals surface area contributed by atoms with Crippen LogP contribution in [0.4, 0.5) is 0 Å². The van der Waals surface area contributed by atoms with Crippen LogP contribution in [-0.4, -0.2) is 81.0 Å². The lowest BCUT2D eigenvalue weighted by Gasteiger charge is -2.47. The summed E-state index contributed by atoms with van der Waals surface area (Å²) in [5.41, 5.74) is 1.98. The van der Waals surface area contributed by atoms with Crippen LogP contribution in [-0.2, 0) is 27.3 Å². The molecule has 0 unspecified atom stereocenters. The number of carbonyl (C=O) groups is 2. The molecular formula is C22H30N4O5. The molecule has 1 amide bonds. The Bertz CT molecular complexity index is 834. The Kier molecular flexibility index (Phi) is 8.02. The highest BCUT2D eigenvalue weighted by molar-refractivity contribution is 5.76. The fraction of sp³-hybridized carbons (Fsp3) is 0.500. The maximum absolute atomic E-state index is 12.7. The zero-order valence-electron chi connectivity index (χ0n) is 17.6. The van der Waals surface area contributed by atoms with Gasteiger partial charge in [-0.1, -0.05) is 12.1 Å². The second-order valence-corrected chi connectivity index (χ2v) is 8.00. The number of piperidine rings is 1. The van der Waals surface area contributed by atoms with Crippen molar-refractivity contribution >= 4 is 12.4 Å². The predicted octanol–water partition coefficient (Wildman–Crippen LogP) is 1.64. The lowest BCUT2D eigenvalue weighted by molar-refractivity contribution is -0.159. The fourth-order valence-electron chi connectivity index (χ4n) is 4.22. The normalized spacial score (nSPS) is 18.3. The summed E-state index contributed by atoms with van der Waals surface area (Å²) in [6, 6.07) is 7.44. The Labute approximate surface area is 181 Å². The van der Waals surface area contributed by atoms with Gasteiger partial charge in [-0.15, -0.1) is 0 Å². The lowest BCUT2D eigenvalue weighted by Crippen LogP contribution is -2.57. The van der Waals surface area contributed by atoms with Gasteiger partial charge in [-0.2, -0.15) is 5.10 Å². The average Bonchev–Trinajstić information content (AvgIpc) is 3.28. The number of hydrogen-bond donors (Lipinski definition) is 3. The summed E-state index contributed by atoms with van der Waals surface area (Å²) in [5, 5.41) is 23.3. The van der Waals surface area contributed by atoms with Crippen molar-refractivity contribution in [3.05, 3.63) is 47.8 Å². The molecule has 1 aromatic carbocycles. The smallest absolute Gasteiger partial charge is 0.290 e. The molecule has 2 aromatic rings. The van der Waals surface area contributed by atoms with Crippen LogP contribution in [0.3, 0.4) is 0 Å². The van der Waals surface area contributed by atoms with Gasteiger partial charge in [0.2, 0.25) is 5.91 Å². The molecule has 3 N–H and O–H groups in total. The topological polar surface area (TPSA) is 119 Å². The van der Waals surface area contributed by atoms with Crippen LogP contribution in [0.5, 0.6) is 5.75 Å². The maximum Gasteiger partial charge on any atom is 0.290 e. The zero-order chi connectivity index (χ0) is 22.1. The number of phenols is 1. The van der Waals surface area contributed by atoms with Gasteiger partial charge in [0.15, 0.2) is 0 Å². The Morgan fingerprint density at radius 1 is 1.26 bits per heavy atom. The third-order valence-electron chi connectivity index (χ3n) is 5.87.